The van der Waals surface area contributed by atoms with Crippen LogP contribution in [-0.4, -0.2) is 22.0 Å². The number of imidazole rings is 1. The molecule has 1 aliphatic rings. The first-order valence-electron chi connectivity index (χ1n) is 11.0. The molecule has 1 atom stereocenters. The quantitative estimate of drug-likeness (QED) is 0.442. The second-order valence-corrected chi connectivity index (χ2v) is 8.47. The van der Waals surface area contributed by atoms with E-state index in [0.29, 0.717) is 13.0 Å². The van der Waals surface area contributed by atoms with Gasteiger partial charge in [0.15, 0.2) is 0 Å². The van der Waals surface area contributed by atoms with Crippen LogP contribution < -0.4 is 4.90 Å². The van der Waals surface area contributed by atoms with E-state index in [2.05, 4.69) is 73.0 Å². The number of carbonyl (C=O) groups is 1. The zero-order chi connectivity index (χ0) is 21.4. The molecular formula is C27H27N3O. The molecule has 4 aromatic rings. The fraction of sp³-hybridized carbons (Fsp3) is 0.259. The number of para-hydroxylation sites is 2. The van der Waals surface area contributed by atoms with Gasteiger partial charge in [-0.1, -0.05) is 54.6 Å². The van der Waals surface area contributed by atoms with Crippen LogP contribution in [-0.2, 0) is 17.8 Å². The SMILES string of the molecule is Cc1cccc(N2CC(c3nc4ccccc4n3CCc3ccccc3)CC2=O)c1C. The summed E-state index contributed by atoms with van der Waals surface area (Å²) in [5.74, 6) is 1.30. The van der Waals surface area contributed by atoms with Crippen molar-refractivity contribution in [2.24, 2.45) is 0 Å². The topological polar surface area (TPSA) is 38.1 Å². The van der Waals surface area contributed by atoms with Crippen LogP contribution in [0, 0.1) is 13.8 Å². The Morgan fingerprint density at radius 3 is 2.55 bits per heavy atom. The Hall–Kier alpha value is -3.40. The third-order valence-corrected chi connectivity index (χ3v) is 6.51. The van der Waals surface area contributed by atoms with E-state index in [4.69, 9.17) is 4.98 Å². The highest BCUT2D eigenvalue weighted by Crippen LogP contribution is 2.35. The zero-order valence-electron chi connectivity index (χ0n) is 18.1. The Kier molecular flexibility index (Phi) is 5.06. The maximum absolute atomic E-state index is 13.0. The molecule has 1 aromatic heterocycles. The van der Waals surface area contributed by atoms with Crippen molar-refractivity contribution < 1.29 is 4.79 Å². The highest BCUT2D eigenvalue weighted by molar-refractivity contribution is 5.97. The zero-order valence-corrected chi connectivity index (χ0v) is 18.1. The monoisotopic (exact) mass is 409 g/mol. The van der Waals surface area contributed by atoms with Crippen LogP contribution in [0.2, 0.25) is 0 Å². The molecule has 2 heterocycles. The van der Waals surface area contributed by atoms with Crippen molar-refractivity contribution in [2.75, 3.05) is 11.4 Å². The molecule has 4 heteroatoms. The number of hydrogen-bond acceptors (Lipinski definition) is 2. The first kappa shape index (κ1) is 19.6. The summed E-state index contributed by atoms with van der Waals surface area (Å²) < 4.78 is 2.33. The summed E-state index contributed by atoms with van der Waals surface area (Å²) >= 11 is 0. The number of anilines is 1. The van der Waals surface area contributed by atoms with E-state index in [1.165, 1.54) is 16.7 Å². The molecule has 0 aliphatic carbocycles. The maximum atomic E-state index is 13.0. The van der Waals surface area contributed by atoms with Gasteiger partial charge in [-0.3, -0.25) is 4.79 Å². The first-order chi connectivity index (χ1) is 15.1. The van der Waals surface area contributed by atoms with Gasteiger partial charge in [0.2, 0.25) is 5.91 Å². The lowest BCUT2D eigenvalue weighted by atomic mass is 10.1. The van der Waals surface area contributed by atoms with E-state index < -0.39 is 0 Å². The van der Waals surface area contributed by atoms with Gasteiger partial charge in [-0.2, -0.15) is 0 Å². The number of aromatic nitrogens is 2. The van der Waals surface area contributed by atoms with Crippen molar-refractivity contribution in [1.29, 1.82) is 0 Å². The molecule has 0 saturated carbocycles. The van der Waals surface area contributed by atoms with E-state index in [1.54, 1.807) is 0 Å². The smallest absolute Gasteiger partial charge is 0.227 e. The van der Waals surface area contributed by atoms with E-state index in [9.17, 15) is 4.79 Å². The molecular weight excluding hydrogens is 382 g/mol. The molecule has 1 amide bonds. The highest BCUT2D eigenvalue weighted by atomic mass is 16.2. The summed E-state index contributed by atoms with van der Waals surface area (Å²) in [6.45, 7) is 5.73. The van der Waals surface area contributed by atoms with Crippen LogP contribution in [0.15, 0.2) is 72.8 Å². The molecule has 156 valence electrons. The Labute approximate surface area is 183 Å². The summed E-state index contributed by atoms with van der Waals surface area (Å²) in [4.78, 5) is 20.0. The van der Waals surface area contributed by atoms with Gasteiger partial charge in [0.25, 0.3) is 0 Å². The molecule has 1 unspecified atom stereocenters. The van der Waals surface area contributed by atoms with Crippen molar-refractivity contribution in [3.05, 3.63) is 95.3 Å². The van der Waals surface area contributed by atoms with Crippen LogP contribution >= 0.6 is 0 Å². The number of fused-ring (bicyclic) bond motifs is 1. The van der Waals surface area contributed by atoms with Crippen LogP contribution in [0.5, 0.6) is 0 Å². The minimum atomic E-state index is 0.0931. The first-order valence-corrected chi connectivity index (χ1v) is 11.0. The summed E-state index contributed by atoms with van der Waals surface area (Å²) in [6.07, 6.45) is 1.44. The lowest BCUT2D eigenvalue weighted by Gasteiger charge is -2.20. The van der Waals surface area contributed by atoms with Crippen molar-refractivity contribution in [3.8, 4) is 0 Å². The summed E-state index contributed by atoms with van der Waals surface area (Å²) in [6, 6.07) is 25.0. The fourth-order valence-electron chi connectivity index (χ4n) is 4.67. The number of aryl methyl sites for hydroxylation is 3. The molecule has 1 saturated heterocycles. The van der Waals surface area contributed by atoms with Gasteiger partial charge in [0.1, 0.15) is 5.82 Å². The highest BCUT2D eigenvalue weighted by Gasteiger charge is 2.35. The lowest BCUT2D eigenvalue weighted by Crippen LogP contribution is -2.25. The minimum absolute atomic E-state index is 0.0931. The molecule has 5 rings (SSSR count). The second-order valence-electron chi connectivity index (χ2n) is 8.47. The molecule has 0 bridgehead atoms. The summed E-state index contributed by atoms with van der Waals surface area (Å²) in [7, 11) is 0. The molecule has 3 aromatic carbocycles. The molecule has 0 spiro atoms. The Morgan fingerprint density at radius 2 is 1.71 bits per heavy atom. The van der Waals surface area contributed by atoms with E-state index in [0.717, 1.165) is 35.5 Å². The number of rotatable bonds is 5. The van der Waals surface area contributed by atoms with Crippen LogP contribution in [0.25, 0.3) is 11.0 Å². The fourth-order valence-corrected chi connectivity index (χ4v) is 4.67. The maximum Gasteiger partial charge on any atom is 0.227 e. The number of hydrogen-bond donors (Lipinski definition) is 0. The molecule has 1 aliphatic heterocycles. The van der Waals surface area contributed by atoms with E-state index in [1.807, 2.05) is 23.1 Å². The number of benzene rings is 3. The molecule has 4 nitrogen and oxygen atoms in total. The van der Waals surface area contributed by atoms with Gasteiger partial charge in [-0.05, 0) is 55.2 Å². The standard InChI is InChI=1S/C27H27N3O/c1-19-9-8-14-24(20(19)2)30-18-22(17-26(30)31)27-28-23-12-6-7-13-25(23)29(27)16-15-21-10-4-3-5-11-21/h3-14,22H,15-18H2,1-2H3. The molecule has 1 fully saturated rings. The lowest BCUT2D eigenvalue weighted by molar-refractivity contribution is -0.117. The number of carbonyl (C=O) groups excluding carboxylic acids is 1. The third kappa shape index (κ3) is 3.63. The van der Waals surface area contributed by atoms with E-state index >= 15 is 0 Å². The Balaban J connectivity index is 1.48. The van der Waals surface area contributed by atoms with Gasteiger partial charge in [0, 0.05) is 31.1 Å². The summed E-state index contributed by atoms with van der Waals surface area (Å²) in [5, 5.41) is 0. The van der Waals surface area contributed by atoms with Crippen molar-refractivity contribution in [3.63, 3.8) is 0 Å². The van der Waals surface area contributed by atoms with Gasteiger partial charge in [-0.25, -0.2) is 4.98 Å². The van der Waals surface area contributed by atoms with Crippen molar-refractivity contribution in [2.45, 2.75) is 39.2 Å². The number of nitrogens with zero attached hydrogens (tertiary/aromatic N) is 3. The largest absolute Gasteiger partial charge is 0.327 e. The average molecular weight is 410 g/mol. The number of amides is 1. The molecule has 0 N–H and O–H groups in total. The van der Waals surface area contributed by atoms with Crippen LogP contribution in [0.1, 0.15) is 34.9 Å². The Morgan fingerprint density at radius 1 is 0.935 bits per heavy atom. The second kappa shape index (κ2) is 8.03. The van der Waals surface area contributed by atoms with Crippen LogP contribution in [0.3, 0.4) is 0 Å². The predicted octanol–water partition coefficient (Wildman–Crippen LogP) is 5.42. The van der Waals surface area contributed by atoms with Crippen LogP contribution in [0.4, 0.5) is 5.69 Å². The van der Waals surface area contributed by atoms with Gasteiger partial charge in [0.05, 0.1) is 11.0 Å². The van der Waals surface area contributed by atoms with E-state index in [-0.39, 0.29) is 11.8 Å². The third-order valence-electron chi connectivity index (χ3n) is 6.51. The van der Waals surface area contributed by atoms with Crippen molar-refractivity contribution >= 4 is 22.6 Å². The van der Waals surface area contributed by atoms with Gasteiger partial charge in [-0.15, -0.1) is 0 Å². The summed E-state index contributed by atoms with van der Waals surface area (Å²) in [5.41, 5.74) is 6.87. The minimum Gasteiger partial charge on any atom is -0.327 e. The molecule has 0 radical (unpaired) electrons. The predicted molar refractivity (Wildman–Crippen MR) is 126 cm³/mol. The normalized spacial score (nSPS) is 16.4. The van der Waals surface area contributed by atoms with Gasteiger partial charge >= 0.3 is 0 Å². The Bertz CT molecular complexity index is 1240. The molecule has 31 heavy (non-hydrogen) atoms. The average Bonchev–Trinajstić information content (AvgIpc) is 3.35. The van der Waals surface area contributed by atoms with Gasteiger partial charge < -0.3 is 9.47 Å². The van der Waals surface area contributed by atoms with Crippen molar-refractivity contribution in [1.82, 2.24) is 9.55 Å².